The topological polar surface area (TPSA) is 199 Å². The average Bonchev–Trinajstić information content (AvgIpc) is 3.51. The first-order chi connectivity index (χ1) is 28.7. The number of nitrogen functional groups attached to an aromatic ring is 1. The van der Waals surface area contributed by atoms with E-state index in [0.717, 1.165) is 49.6 Å². The smallest absolute Gasteiger partial charge is 0.386 e. The quantitative estimate of drug-likeness (QED) is 0.0484. The fourth-order valence-electron chi connectivity index (χ4n) is 9.20. The second kappa shape index (κ2) is 22.9. The van der Waals surface area contributed by atoms with Gasteiger partial charge >= 0.3 is 11.9 Å². The fourth-order valence-corrected chi connectivity index (χ4v) is 9.20. The molecule has 1 aromatic heterocycles. The maximum absolute atomic E-state index is 12.0. The summed E-state index contributed by atoms with van der Waals surface area (Å²) in [5.41, 5.74) is 4.68. The zero-order valence-electron chi connectivity index (χ0n) is 42.8. The first-order valence-corrected chi connectivity index (χ1v) is 23.7. The predicted octanol–water partition coefficient (Wildman–Crippen LogP) is 7.10. The van der Waals surface area contributed by atoms with E-state index in [1.807, 2.05) is 61.6 Å². The summed E-state index contributed by atoms with van der Waals surface area (Å²) in [5.74, 6) is 2.21. The van der Waals surface area contributed by atoms with E-state index < -0.39 is 11.1 Å². The molecule has 0 radical (unpaired) electrons. The number of hydrogen-bond acceptors (Lipinski definition) is 14. The van der Waals surface area contributed by atoms with Gasteiger partial charge < -0.3 is 41.6 Å². The van der Waals surface area contributed by atoms with Crippen molar-refractivity contribution in [2.24, 2.45) is 17.8 Å². The molecular formula is C47H94N10O6+2. The molecule has 0 spiro atoms. The third-order valence-electron chi connectivity index (χ3n) is 12.5. The van der Waals surface area contributed by atoms with E-state index in [4.69, 9.17) is 10.5 Å². The highest BCUT2D eigenvalue weighted by molar-refractivity contribution is 5.73. The van der Waals surface area contributed by atoms with Crippen LogP contribution >= 0.6 is 0 Å². The molecule has 0 amide bonds. The number of esters is 1. The molecule has 3 saturated heterocycles. The zero-order chi connectivity index (χ0) is 48.5. The van der Waals surface area contributed by atoms with Crippen molar-refractivity contribution < 1.29 is 39.8 Å². The number of hydroxylamine groups is 5. The van der Waals surface area contributed by atoms with Crippen molar-refractivity contribution in [1.29, 1.82) is 0 Å². The number of rotatable bonds is 11. The van der Waals surface area contributed by atoms with Crippen molar-refractivity contribution in [2.75, 3.05) is 42.1 Å². The van der Waals surface area contributed by atoms with Crippen LogP contribution in [0.15, 0.2) is 6.07 Å². The van der Waals surface area contributed by atoms with Gasteiger partial charge in [0, 0.05) is 80.7 Å². The molecule has 2 unspecified atom stereocenters. The van der Waals surface area contributed by atoms with E-state index in [9.17, 15) is 25.6 Å². The molecule has 9 N–H and O–H groups in total. The summed E-state index contributed by atoms with van der Waals surface area (Å²) < 4.78 is 7.52. The Morgan fingerprint density at radius 2 is 1.29 bits per heavy atom. The van der Waals surface area contributed by atoms with Crippen molar-refractivity contribution in [3.8, 4) is 0 Å². The van der Waals surface area contributed by atoms with Crippen LogP contribution in [0.4, 0.5) is 17.6 Å². The van der Waals surface area contributed by atoms with Gasteiger partial charge in [0.05, 0.1) is 30.0 Å². The summed E-state index contributed by atoms with van der Waals surface area (Å²) in [5, 5.41) is 52.5. The molecule has 366 valence electrons. The van der Waals surface area contributed by atoms with Crippen molar-refractivity contribution in [2.45, 2.75) is 221 Å². The lowest BCUT2D eigenvalue weighted by Gasteiger charge is -2.50. The zero-order valence-corrected chi connectivity index (χ0v) is 42.8. The lowest BCUT2D eigenvalue weighted by atomic mass is 9.75. The van der Waals surface area contributed by atoms with Gasteiger partial charge in [0.25, 0.3) is 0 Å². The van der Waals surface area contributed by atoms with E-state index in [1.54, 1.807) is 6.07 Å². The first-order valence-electron chi connectivity index (χ1n) is 23.7. The summed E-state index contributed by atoms with van der Waals surface area (Å²) in [6, 6.07) is 2.93. The molecule has 5 heterocycles. The highest BCUT2D eigenvalue weighted by Gasteiger charge is 2.51. The van der Waals surface area contributed by atoms with E-state index in [0.29, 0.717) is 48.5 Å². The SMILES string of the molecule is CC(C)NCC1C=[N+](O)C(C)(C)C1.CC(C)NCC1CC(C)(C)N(O)C1(C)C.CC(C)Nc1nc(N2CCCCC2)cc(N)[n+]1O.CC(C)OC(=O)C1CC(C)(C)N(O)C(C)(C)C1. The average molecular weight is 895 g/mol. The number of carbonyl (C=O) groups excluding carboxylic acids is 1. The van der Waals surface area contributed by atoms with Crippen LogP contribution in [0.5, 0.6) is 0 Å². The maximum Gasteiger partial charge on any atom is 0.386 e. The molecule has 2 atom stereocenters. The summed E-state index contributed by atoms with van der Waals surface area (Å²) in [4.78, 5) is 18.6. The van der Waals surface area contributed by atoms with Gasteiger partial charge in [-0.05, 0) is 137 Å². The van der Waals surface area contributed by atoms with Crippen LogP contribution in [0.25, 0.3) is 0 Å². The van der Waals surface area contributed by atoms with Crippen LogP contribution in [-0.4, -0.2) is 131 Å². The standard InChI is InChI=1S/C13H25NO3.C12H21N5O.C12H26N2O.C10H21N2O/c1-9(2)17-11(15)10-7-12(3,4)14(16)13(5,6)8-10;1-9(2)14-12-15-11(8-10(13)17(12)18)16-6-4-3-5-7-16;1-9(2)13-8-10-7-11(3,4)14(15)12(10,5)6;1-8(2)11-6-9-5-10(3,4)12(13)7-9/h9-10,16H,7-8H2,1-6H3;8-9,18H,3-7H2,1-2H3,(H2,13,14,15);9-10,13,15H,7-8H2,1-6H3;7-9,11,13H,5-6H2,1-4H3/q;;;+1/p+1. The number of ether oxygens (including phenoxy) is 1. The molecule has 0 aliphatic carbocycles. The molecule has 1 aromatic rings. The number of aromatic nitrogens is 2. The largest absolute Gasteiger partial charge is 0.463 e. The predicted molar refractivity (Wildman–Crippen MR) is 253 cm³/mol. The molecule has 0 aromatic carbocycles. The Labute approximate surface area is 381 Å². The van der Waals surface area contributed by atoms with Crippen LogP contribution < -0.4 is 31.3 Å². The van der Waals surface area contributed by atoms with E-state index in [-0.39, 0.29) is 40.6 Å². The Balaban J connectivity index is 0.000000291. The normalized spacial score (nSPS) is 23.9. The molecular weight excluding hydrogens is 801 g/mol. The summed E-state index contributed by atoms with van der Waals surface area (Å²) in [7, 11) is 0. The lowest BCUT2D eigenvalue weighted by molar-refractivity contribution is -0.883. The van der Waals surface area contributed by atoms with Gasteiger partial charge in [-0.25, -0.2) is 0 Å². The van der Waals surface area contributed by atoms with Gasteiger partial charge in [0.15, 0.2) is 12.0 Å². The van der Waals surface area contributed by atoms with Crippen molar-refractivity contribution in [3.05, 3.63) is 6.07 Å². The third-order valence-corrected chi connectivity index (χ3v) is 12.5. The van der Waals surface area contributed by atoms with Crippen molar-refractivity contribution >= 4 is 29.8 Å². The third kappa shape index (κ3) is 16.7. The Morgan fingerprint density at radius 3 is 1.71 bits per heavy atom. The Morgan fingerprint density at radius 1 is 0.778 bits per heavy atom. The number of nitrogens with two attached hydrogens (primary N) is 1. The van der Waals surface area contributed by atoms with Gasteiger partial charge in [0.2, 0.25) is 11.4 Å². The van der Waals surface area contributed by atoms with Crippen LogP contribution in [0.1, 0.15) is 170 Å². The van der Waals surface area contributed by atoms with E-state index in [2.05, 4.69) is 95.1 Å². The summed E-state index contributed by atoms with van der Waals surface area (Å²) in [6.07, 6.45) is 8.77. The van der Waals surface area contributed by atoms with Gasteiger partial charge in [-0.2, -0.15) is 10.1 Å². The van der Waals surface area contributed by atoms with Crippen LogP contribution in [0.2, 0.25) is 0 Å². The number of hydrogen-bond donors (Lipinski definition) is 8. The number of carbonyl (C=O) groups is 1. The highest BCUT2D eigenvalue weighted by Crippen LogP contribution is 2.43. The molecule has 16 heteroatoms. The van der Waals surface area contributed by atoms with E-state index >= 15 is 0 Å². The summed E-state index contributed by atoms with van der Waals surface area (Å²) in [6.45, 7) is 40.6. The fraction of sp³-hybridized carbons (Fsp3) is 0.872. The van der Waals surface area contributed by atoms with E-state index in [1.165, 1.54) is 34.1 Å². The van der Waals surface area contributed by atoms with Gasteiger partial charge in [-0.1, -0.05) is 32.7 Å². The number of nitrogens with one attached hydrogen (secondary N) is 3. The monoisotopic (exact) mass is 895 g/mol. The first kappa shape index (κ1) is 56.1. The molecule has 4 aliphatic heterocycles. The highest BCUT2D eigenvalue weighted by atomic mass is 16.5. The lowest BCUT2D eigenvalue weighted by Crippen LogP contribution is -2.60. The maximum atomic E-state index is 12.0. The minimum absolute atomic E-state index is 0.0825. The molecule has 16 nitrogen and oxygen atoms in total. The minimum Gasteiger partial charge on any atom is -0.463 e. The van der Waals surface area contributed by atoms with Crippen LogP contribution in [-0.2, 0) is 9.53 Å². The second-order valence-corrected chi connectivity index (χ2v) is 22.6. The second-order valence-electron chi connectivity index (χ2n) is 22.6. The number of nitrogens with zero attached hydrogens (tertiary/aromatic N) is 6. The van der Waals surface area contributed by atoms with Crippen LogP contribution in [0.3, 0.4) is 0 Å². The Kier molecular flexibility index (Phi) is 20.4. The summed E-state index contributed by atoms with van der Waals surface area (Å²) >= 11 is 0. The molecule has 63 heavy (non-hydrogen) atoms. The van der Waals surface area contributed by atoms with Crippen molar-refractivity contribution in [3.63, 3.8) is 0 Å². The van der Waals surface area contributed by atoms with Crippen LogP contribution in [0, 0.1) is 17.8 Å². The Bertz CT molecular complexity index is 1590. The molecule has 0 saturated carbocycles. The number of piperidine rings is 2. The number of anilines is 3. The van der Waals surface area contributed by atoms with Gasteiger partial charge in [0.1, 0.15) is 0 Å². The molecule has 4 aliphatic rings. The molecule has 0 bridgehead atoms. The van der Waals surface area contributed by atoms with Gasteiger partial charge in [-0.3, -0.25) is 15.3 Å². The van der Waals surface area contributed by atoms with Crippen molar-refractivity contribution in [1.82, 2.24) is 25.7 Å². The molecule has 3 fully saturated rings. The van der Waals surface area contributed by atoms with Gasteiger partial charge in [-0.15, -0.1) is 0 Å². The molecule has 5 rings (SSSR count). The minimum atomic E-state index is -0.400. The Hall–Kier alpha value is -3.02.